The second-order valence-electron chi connectivity index (χ2n) is 6.15. The van der Waals surface area contributed by atoms with Gasteiger partial charge in [-0.05, 0) is 36.8 Å². The third-order valence-corrected chi connectivity index (χ3v) is 4.81. The number of rotatable bonds is 4. The molecule has 0 unspecified atom stereocenters. The van der Waals surface area contributed by atoms with Gasteiger partial charge >= 0.3 is 6.03 Å². The topological polar surface area (TPSA) is 70.7 Å². The van der Waals surface area contributed by atoms with Gasteiger partial charge in [0.2, 0.25) is 0 Å². The number of para-hydroxylation sites is 2. The third-order valence-electron chi connectivity index (χ3n) is 4.56. The lowest BCUT2D eigenvalue weighted by Crippen LogP contribution is -2.46. The van der Waals surface area contributed by atoms with Gasteiger partial charge in [-0.15, -0.1) is 0 Å². The van der Waals surface area contributed by atoms with E-state index in [0.29, 0.717) is 27.7 Å². The fourth-order valence-corrected chi connectivity index (χ4v) is 3.10. The quantitative estimate of drug-likeness (QED) is 0.836. The number of carbonyl (C=O) groups excluding carboxylic acids is 2. The van der Waals surface area contributed by atoms with Crippen molar-refractivity contribution in [3.63, 3.8) is 0 Å². The van der Waals surface area contributed by atoms with Crippen LogP contribution in [0.4, 0.5) is 10.5 Å². The summed E-state index contributed by atoms with van der Waals surface area (Å²) in [7, 11) is 3.17. The average Bonchev–Trinajstić information content (AvgIpc) is 2.66. The van der Waals surface area contributed by atoms with E-state index < -0.39 is 6.04 Å². The van der Waals surface area contributed by atoms with Gasteiger partial charge in [-0.25, -0.2) is 4.79 Å². The van der Waals surface area contributed by atoms with Crippen LogP contribution >= 0.6 is 11.6 Å². The predicted molar refractivity (Wildman–Crippen MR) is 105 cm³/mol. The molecule has 7 heteroatoms. The summed E-state index contributed by atoms with van der Waals surface area (Å²) in [4.78, 5) is 26.8. The van der Waals surface area contributed by atoms with Gasteiger partial charge in [0.1, 0.15) is 5.75 Å². The monoisotopic (exact) mass is 385 g/mol. The van der Waals surface area contributed by atoms with Crippen LogP contribution in [0.1, 0.15) is 18.5 Å². The number of hydrogen-bond acceptors (Lipinski definition) is 3. The van der Waals surface area contributed by atoms with Gasteiger partial charge in [0.05, 0.1) is 24.4 Å². The van der Waals surface area contributed by atoms with Gasteiger partial charge in [-0.3, -0.25) is 4.79 Å². The van der Waals surface area contributed by atoms with E-state index in [0.717, 1.165) is 5.56 Å². The van der Waals surface area contributed by atoms with Crippen LogP contribution in [-0.2, 0) is 4.79 Å². The Hall–Kier alpha value is -2.99. The molecular formula is C20H20ClN3O3. The first kappa shape index (κ1) is 18.8. The van der Waals surface area contributed by atoms with E-state index >= 15 is 0 Å². The van der Waals surface area contributed by atoms with Crippen molar-refractivity contribution in [3.8, 4) is 5.75 Å². The van der Waals surface area contributed by atoms with Crippen LogP contribution in [0.5, 0.6) is 5.75 Å². The SMILES string of the molecule is COc1ccccc1NC(=O)C1=C(C)N(C)C(=O)N[C@@H]1c1ccc(Cl)cc1. The van der Waals surface area contributed by atoms with E-state index in [1.807, 2.05) is 12.1 Å². The Bertz CT molecular complexity index is 909. The molecule has 0 saturated carbocycles. The fraction of sp³-hybridized carbons (Fsp3) is 0.200. The minimum Gasteiger partial charge on any atom is -0.495 e. The highest BCUT2D eigenvalue weighted by molar-refractivity contribution is 6.30. The summed E-state index contributed by atoms with van der Waals surface area (Å²) in [6, 6.07) is 13.3. The first-order valence-corrected chi connectivity index (χ1v) is 8.75. The van der Waals surface area contributed by atoms with E-state index in [1.165, 1.54) is 4.90 Å². The van der Waals surface area contributed by atoms with E-state index in [9.17, 15) is 9.59 Å². The number of methoxy groups -OCH3 is 1. The summed E-state index contributed by atoms with van der Waals surface area (Å²) in [5.41, 5.74) is 2.35. The fourth-order valence-electron chi connectivity index (χ4n) is 2.97. The summed E-state index contributed by atoms with van der Waals surface area (Å²) in [5.74, 6) is 0.240. The van der Waals surface area contributed by atoms with Gasteiger partial charge in [-0.1, -0.05) is 35.9 Å². The molecule has 1 atom stereocenters. The zero-order valence-electron chi connectivity index (χ0n) is 15.2. The van der Waals surface area contributed by atoms with E-state index in [1.54, 1.807) is 57.5 Å². The number of halogens is 1. The molecule has 0 fully saturated rings. The number of hydrogen-bond donors (Lipinski definition) is 2. The summed E-state index contributed by atoms with van der Waals surface area (Å²) in [6.07, 6.45) is 0. The molecule has 1 aliphatic heterocycles. The maximum atomic E-state index is 13.1. The van der Waals surface area contributed by atoms with Crippen molar-refractivity contribution in [2.24, 2.45) is 0 Å². The molecule has 6 nitrogen and oxygen atoms in total. The minimum atomic E-state index is -0.583. The lowest BCUT2D eigenvalue weighted by atomic mass is 9.94. The normalized spacial score (nSPS) is 16.8. The molecule has 2 aromatic carbocycles. The molecule has 2 aromatic rings. The van der Waals surface area contributed by atoms with Crippen LogP contribution in [0.15, 0.2) is 59.8 Å². The zero-order chi connectivity index (χ0) is 19.6. The highest BCUT2D eigenvalue weighted by Gasteiger charge is 2.34. The number of anilines is 1. The second kappa shape index (κ2) is 7.72. The molecule has 0 spiro atoms. The number of amides is 3. The third kappa shape index (κ3) is 3.75. The molecule has 2 N–H and O–H groups in total. The summed E-state index contributed by atoms with van der Waals surface area (Å²) in [6.45, 7) is 1.75. The van der Waals surface area contributed by atoms with E-state index in [2.05, 4.69) is 10.6 Å². The van der Waals surface area contributed by atoms with Gasteiger partial charge < -0.3 is 20.3 Å². The van der Waals surface area contributed by atoms with Crippen LogP contribution < -0.4 is 15.4 Å². The van der Waals surface area contributed by atoms with Crippen LogP contribution in [0, 0.1) is 0 Å². The number of ether oxygens (including phenoxy) is 1. The van der Waals surface area contributed by atoms with Crippen molar-refractivity contribution in [1.82, 2.24) is 10.2 Å². The smallest absolute Gasteiger partial charge is 0.322 e. The summed E-state index contributed by atoms with van der Waals surface area (Å²) < 4.78 is 5.30. The first-order valence-electron chi connectivity index (χ1n) is 8.37. The maximum Gasteiger partial charge on any atom is 0.322 e. The number of carbonyl (C=O) groups is 2. The molecule has 1 heterocycles. The highest BCUT2D eigenvalue weighted by atomic mass is 35.5. The van der Waals surface area contributed by atoms with Crippen molar-refractivity contribution < 1.29 is 14.3 Å². The van der Waals surface area contributed by atoms with Crippen molar-refractivity contribution in [3.05, 3.63) is 70.4 Å². The molecule has 0 bridgehead atoms. The van der Waals surface area contributed by atoms with Gasteiger partial charge in [-0.2, -0.15) is 0 Å². The standard InChI is InChI=1S/C20H20ClN3O3/c1-12-17(19(25)22-15-6-4-5-7-16(15)27-3)18(23-20(26)24(12)2)13-8-10-14(21)11-9-13/h4-11,18H,1-3H3,(H,22,25)(H,23,26)/t18-/m1/s1. The number of allylic oxidation sites excluding steroid dienone is 1. The van der Waals surface area contributed by atoms with Crippen molar-refractivity contribution in [2.45, 2.75) is 13.0 Å². The van der Waals surface area contributed by atoms with Crippen molar-refractivity contribution in [2.75, 3.05) is 19.5 Å². The van der Waals surface area contributed by atoms with Crippen LogP contribution in [-0.4, -0.2) is 31.0 Å². The number of urea groups is 1. The highest BCUT2D eigenvalue weighted by Crippen LogP contribution is 2.32. The van der Waals surface area contributed by atoms with Gasteiger partial charge in [0.25, 0.3) is 5.91 Å². The Balaban J connectivity index is 2.00. The minimum absolute atomic E-state index is 0.277. The molecule has 0 aromatic heterocycles. The van der Waals surface area contributed by atoms with E-state index in [-0.39, 0.29) is 11.9 Å². The Kier molecular flexibility index (Phi) is 5.37. The Labute approximate surface area is 162 Å². The largest absolute Gasteiger partial charge is 0.495 e. The van der Waals surface area contributed by atoms with Crippen LogP contribution in [0.25, 0.3) is 0 Å². The summed E-state index contributed by atoms with van der Waals surface area (Å²) >= 11 is 5.97. The zero-order valence-corrected chi connectivity index (χ0v) is 16.0. The van der Waals surface area contributed by atoms with Gasteiger partial charge in [0.15, 0.2) is 0 Å². The molecule has 3 rings (SSSR count). The van der Waals surface area contributed by atoms with Gasteiger partial charge in [0, 0.05) is 17.8 Å². The Morgan fingerprint density at radius 3 is 2.52 bits per heavy atom. The Morgan fingerprint density at radius 2 is 1.85 bits per heavy atom. The molecule has 0 radical (unpaired) electrons. The van der Waals surface area contributed by atoms with Crippen LogP contribution in [0.2, 0.25) is 5.02 Å². The number of nitrogens with one attached hydrogen (secondary N) is 2. The molecule has 1 aliphatic rings. The number of nitrogens with zero attached hydrogens (tertiary/aromatic N) is 1. The predicted octanol–water partition coefficient (Wildman–Crippen LogP) is 3.96. The molecule has 3 amide bonds. The molecule has 27 heavy (non-hydrogen) atoms. The first-order chi connectivity index (χ1) is 12.9. The van der Waals surface area contributed by atoms with E-state index in [4.69, 9.17) is 16.3 Å². The summed E-state index contributed by atoms with van der Waals surface area (Å²) in [5, 5.41) is 6.34. The lowest BCUT2D eigenvalue weighted by molar-refractivity contribution is -0.113. The van der Waals surface area contributed by atoms with Crippen molar-refractivity contribution >= 4 is 29.2 Å². The molecule has 140 valence electrons. The number of benzene rings is 2. The average molecular weight is 386 g/mol. The second-order valence-corrected chi connectivity index (χ2v) is 6.58. The molecule has 0 aliphatic carbocycles. The van der Waals surface area contributed by atoms with Crippen LogP contribution in [0.3, 0.4) is 0 Å². The lowest BCUT2D eigenvalue weighted by Gasteiger charge is -2.33. The molecule has 0 saturated heterocycles. The maximum absolute atomic E-state index is 13.1. The Morgan fingerprint density at radius 1 is 1.19 bits per heavy atom. The van der Waals surface area contributed by atoms with Crippen molar-refractivity contribution in [1.29, 1.82) is 0 Å². The molecular weight excluding hydrogens is 366 g/mol.